The fraction of sp³-hybridized carbons (Fsp3) is 0.294. The second kappa shape index (κ2) is 7.33. The lowest BCUT2D eigenvalue weighted by Crippen LogP contribution is -2.34. The van der Waals surface area contributed by atoms with Crippen molar-refractivity contribution in [2.24, 2.45) is 0 Å². The van der Waals surface area contributed by atoms with Gasteiger partial charge >= 0.3 is 12.1 Å². The second-order valence-electron chi connectivity index (χ2n) is 5.25. The van der Waals surface area contributed by atoms with Crippen LogP contribution in [0.3, 0.4) is 0 Å². The van der Waals surface area contributed by atoms with E-state index in [0.29, 0.717) is 11.1 Å². The molecular weight excluding hydrogens is 323 g/mol. The highest BCUT2D eigenvalue weighted by Gasteiger charge is 2.30. The molecule has 24 heavy (non-hydrogen) atoms. The fourth-order valence-corrected chi connectivity index (χ4v) is 2.26. The molecule has 0 fully saturated rings. The van der Waals surface area contributed by atoms with Crippen molar-refractivity contribution >= 4 is 5.97 Å². The van der Waals surface area contributed by atoms with E-state index in [1.165, 1.54) is 24.4 Å². The van der Waals surface area contributed by atoms with E-state index in [1.54, 1.807) is 17.7 Å². The van der Waals surface area contributed by atoms with Crippen LogP contribution in [0, 0.1) is 0 Å². The van der Waals surface area contributed by atoms with Crippen LogP contribution in [0.1, 0.15) is 23.6 Å². The summed E-state index contributed by atoms with van der Waals surface area (Å²) in [5.74, 6) is -0.451. The van der Waals surface area contributed by atoms with Crippen molar-refractivity contribution in [2.45, 2.75) is 26.1 Å². The van der Waals surface area contributed by atoms with Crippen LogP contribution in [0.2, 0.25) is 0 Å². The molecule has 0 amide bonds. The van der Waals surface area contributed by atoms with Crippen molar-refractivity contribution in [2.75, 3.05) is 6.61 Å². The predicted molar refractivity (Wildman–Crippen MR) is 79.2 cm³/mol. The van der Waals surface area contributed by atoms with Gasteiger partial charge in [-0.25, -0.2) is 0 Å². The van der Waals surface area contributed by atoms with E-state index < -0.39 is 17.7 Å². The number of alkyl halides is 3. The number of carbonyl (C=O) groups excluding carboxylic acids is 1. The largest absolute Gasteiger partial charge is 0.503 e. The van der Waals surface area contributed by atoms with Gasteiger partial charge in [0.25, 0.3) is 0 Å². The zero-order chi connectivity index (χ0) is 17.7. The standard InChI is InChI=1S/C17H16F3NO3/c1-2-24-16(23)8-13-7-15(22)11-21(10-13)9-12-3-5-14(6-4-12)17(18,19)20/h3-7,10-11H,2,8-9H2,1H3/p+1. The first kappa shape index (κ1) is 17.8. The van der Waals surface area contributed by atoms with Gasteiger partial charge in [0.2, 0.25) is 6.20 Å². The number of hydrogen-bond donors (Lipinski definition) is 1. The van der Waals surface area contributed by atoms with Gasteiger partial charge in [0.1, 0.15) is 0 Å². The van der Waals surface area contributed by atoms with Crippen LogP contribution >= 0.6 is 0 Å². The summed E-state index contributed by atoms with van der Waals surface area (Å²) in [6.07, 6.45) is -1.28. The highest BCUT2D eigenvalue weighted by molar-refractivity contribution is 5.72. The first-order chi connectivity index (χ1) is 11.3. The molecule has 0 aliphatic rings. The maximum absolute atomic E-state index is 12.6. The summed E-state index contributed by atoms with van der Waals surface area (Å²) in [6, 6.07) is 6.23. The van der Waals surface area contributed by atoms with Gasteiger partial charge in [-0.3, -0.25) is 4.79 Å². The molecular formula is C17H17F3NO3+. The summed E-state index contributed by atoms with van der Waals surface area (Å²) in [5.41, 5.74) is 0.483. The zero-order valence-corrected chi connectivity index (χ0v) is 13.0. The van der Waals surface area contributed by atoms with E-state index >= 15 is 0 Å². The SMILES string of the molecule is CCOC(=O)Cc1cc(O)c[n+](Cc2ccc(C(F)(F)F)cc2)c1. The van der Waals surface area contributed by atoms with E-state index in [0.717, 1.165) is 12.1 Å². The van der Waals surface area contributed by atoms with E-state index in [1.807, 2.05) is 0 Å². The van der Waals surface area contributed by atoms with Crippen LogP contribution in [0.15, 0.2) is 42.7 Å². The number of halogens is 3. The third-order valence-corrected chi connectivity index (χ3v) is 3.26. The molecule has 2 rings (SSSR count). The Morgan fingerprint density at radius 2 is 1.83 bits per heavy atom. The van der Waals surface area contributed by atoms with E-state index in [9.17, 15) is 23.1 Å². The molecule has 1 heterocycles. The minimum atomic E-state index is -4.37. The van der Waals surface area contributed by atoms with E-state index in [-0.39, 0.29) is 25.3 Å². The number of benzene rings is 1. The Morgan fingerprint density at radius 3 is 2.42 bits per heavy atom. The molecule has 0 atom stereocenters. The van der Waals surface area contributed by atoms with Gasteiger partial charge < -0.3 is 9.84 Å². The Bertz CT molecular complexity index is 712. The summed E-state index contributed by atoms with van der Waals surface area (Å²) in [6.45, 7) is 2.23. The van der Waals surface area contributed by atoms with E-state index in [4.69, 9.17) is 4.74 Å². The molecule has 1 aromatic heterocycles. The lowest BCUT2D eigenvalue weighted by Gasteiger charge is -2.07. The predicted octanol–water partition coefficient (Wildman–Crippen LogP) is 2.85. The van der Waals surface area contributed by atoms with Gasteiger partial charge in [0, 0.05) is 11.1 Å². The van der Waals surface area contributed by atoms with Crippen LogP contribution < -0.4 is 4.57 Å². The van der Waals surface area contributed by atoms with Crippen LogP contribution in [0.5, 0.6) is 5.75 Å². The molecule has 4 nitrogen and oxygen atoms in total. The van der Waals surface area contributed by atoms with Crippen LogP contribution in [-0.2, 0) is 28.7 Å². The lowest BCUT2D eigenvalue weighted by molar-refractivity contribution is -0.689. The molecule has 1 N–H and O–H groups in total. The van der Waals surface area contributed by atoms with Gasteiger partial charge in [0.05, 0.1) is 18.6 Å². The Kier molecular flexibility index (Phi) is 5.43. The number of aromatic nitrogens is 1. The average Bonchev–Trinajstić information content (AvgIpc) is 2.46. The smallest absolute Gasteiger partial charge is 0.416 e. The van der Waals surface area contributed by atoms with Crippen LogP contribution in [-0.4, -0.2) is 17.7 Å². The van der Waals surface area contributed by atoms with Gasteiger partial charge in [-0.2, -0.15) is 17.7 Å². The van der Waals surface area contributed by atoms with Crippen LogP contribution in [0.4, 0.5) is 13.2 Å². The Labute approximate surface area is 137 Å². The molecule has 0 unspecified atom stereocenters. The van der Waals surface area contributed by atoms with Gasteiger partial charge in [-0.05, 0) is 25.1 Å². The number of rotatable bonds is 5. The van der Waals surface area contributed by atoms with Gasteiger partial charge in [-0.15, -0.1) is 0 Å². The quantitative estimate of drug-likeness (QED) is 0.673. The maximum atomic E-state index is 12.6. The monoisotopic (exact) mass is 340 g/mol. The lowest BCUT2D eigenvalue weighted by atomic mass is 10.1. The average molecular weight is 340 g/mol. The minimum absolute atomic E-state index is 0.00918. The summed E-state index contributed by atoms with van der Waals surface area (Å²) < 4.78 is 44.1. The van der Waals surface area contributed by atoms with Crippen molar-refractivity contribution < 1.29 is 32.4 Å². The zero-order valence-electron chi connectivity index (χ0n) is 13.0. The van der Waals surface area contributed by atoms with Crippen molar-refractivity contribution in [1.82, 2.24) is 0 Å². The first-order valence-corrected chi connectivity index (χ1v) is 7.31. The second-order valence-corrected chi connectivity index (χ2v) is 5.25. The summed E-state index contributed by atoms with van der Waals surface area (Å²) in [4.78, 5) is 11.5. The molecule has 0 aliphatic carbocycles. The maximum Gasteiger partial charge on any atom is 0.416 e. The molecule has 1 aromatic carbocycles. The Balaban J connectivity index is 2.14. The van der Waals surface area contributed by atoms with Crippen molar-refractivity contribution in [3.05, 3.63) is 59.4 Å². The Hall–Kier alpha value is -2.57. The topological polar surface area (TPSA) is 50.4 Å². The Morgan fingerprint density at radius 1 is 1.17 bits per heavy atom. The summed E-state index contributed by atoms with van der Waals surface area (Å²) in [5, 5.41) is 9.74. The third-order valence-electron chi connectivity index (χ3n) is 3.26. The number of nitrogens with zero attached hydrogens (tertiary/aromatic N) is 1. The minimum Gasteiger partial charge on any atom is -0.503 e. The van der Waals surface area contributed by atoms with Gasteiger partial charge in [-0.1, -0.05) is 12.1 Å². The summed E-state index contributed by atoms with van der Waals surface area (Å²) in [7, 11) is 0. The first-order valence-electron chi connectivity index (χ1n) is 7.31. The molecule has 0 saturated carbocycles. The summed E-state index contributed by atoms with van der Waals surface area (Å²) >= 11 is 0. The molecule has 0 spiro atoms. The highest BCUT2D eigenvalue weighted by atomic mass is 19.4. The van der Waals surface area contributed by atoms with Crippen molar-refractivity contribution in [3.63, 3.8) is 0 Å². The number of aromatic hydroxyl groups is 1. The third kappa shape index (κ3) is 4.97. The molecule has 0 aliphatic heterocycles. The molecule has 2 aromatic rings. The van der Waals surface area contributed by atoms with Crippen LogP contribution in [0.25, 0.3) is 0 Å². The molecule has 128 valence electrons. The number of hydrogen-bond acceptors (Lipinski definition) is 3. The van der Waals surface area contributed by atoms with Crippen molar-refractivity contribution in [3.8, 4) is 5.75 Å². The molecule has 0 saturated heterocycles. The van der Waals surface area contributed by atoms with Crippen molar-refractivity contribution in [1.29, 1.82) is 0 Å². The molecule has 0 bridgehead atoms. The number of carbonyl (C=O) groups is 1. The van der Waals surface area contributed by atoms with Gasteiger partial charge in [0.15, 0.2) is 18.5 Å². The number of pyridine rings is 1. The van der Waals surface area contributed by atoms with E-state index in [2.05, 4.69) is 0 Å². The number of ether oxygens (including phenoxy) is 1. The fourth-order valence-electron chi connectivity index (χ4n) is 2.26. The highest BCUT2D eigenvalue weighted by Crippen LogP contribution is 2.29. The molecule has 7 heteroatoms. The number of esters is 1. The molecule has 0 radical (unpaired) electrons. The normalized spacial score (nSPS) is 11.3.